The molecule has 1 aliphatic rings. The molecular weight excluding hydrogens is 361 g/mol. The molecule has 0 radical (unpaired) electrons. The Labute approximate surface area is 162 Å². The molecule has 2 aromatic carbocycles. The van der Waals surface area contributed by atoms with Gasteiger partial charge in [-0.1, -0.05) is 6.07 Å². The molecule has 0 saturated carbocycles. The number of rotatable bonds is 5. The molecule has 0 bridgehead atoms. The van der Waals surface area contributed by atoms with Gasteiger partial charge in [-0.25, -0.2) is 9.18 Å². The van der Waals surface area contributed by atoms with Crippen molar-refractivity contribution in [3.8, 4) is 0 Å². The molecule has 148 valence electrons. The molecule has 7 heteroatoms. The molecule has 1 fully saturated rings. The number of anilines is 1. The molecule has 0 aliphatic carbocycles. The van der Waals surface area contributed by atoms with Gasteiger partial charge in [0.1, 0.15) is 5.82 Å². The molecule has 1 saturated heterocycles. The van der Waals surface area contributed by atoms with Crippen molar-refractivity contribution in [3.05, 3.63) is 64.4 Å². The summed E-state index contributed by atoms with van der Waals surface area (Å²) in [6, 6.07) is 12.0. The minimum atomic E-state index is -0.606. The predicted molar refractivity (Wildman–Crippen MR) is 106 cm³/mol. The van der Waals surface area contributed by atoms with E-state index in [1.807, 2.05) is 18.2 Å². The van der Waals surface area contributed by atoms with E-state index in [1.54, 1.807) is 19.2 Å². The maximum absolute atomic E-state index is 13.1. The lowest BCUT2D eigenvalue weighted by Crippen LogP contribution is -2.46. The minimum absolute atomic E-state index is 0.218. The highest BCUT2D eigenvalue weighted by atomic mass is 19.1. The van der Waals surface area contributed by atoms with Gasteiger partial charge in [0.25, 0.3) is 0 Å². The number of fused-ring (bicyclic) bond motifs is 1. The van der Waals surface area contributed by atoms with Gasteiger partial charge in [-0.15, -0.1) is 0 Å². The number of hydrogen-bond acceptors (Lipinski definition) is 5. The van der Waals surface area contributed by atoms with Crippen LogP contribution < -0.4 is 10.7 Å². The van der Waals surface area contributed by atoms with E-state index in [0.29, 0.717) is 12.0 Å². The second-order valence-electron chi connectivity index (χ2n) is 7.26. The minimum Gasteiger partial charge on any atom is -0.408 e. The highest BCUT2D eigenvalue weighted by molar-refractivity contribution is 5.73. The van der Waals surface area contributed by atoms with Gasteiger partial charge in [0, 0.05) is 45.5 Å². The van der Waals surface area contributed by atoms with Gasteiger partial charge in [0.2, 0.25) is 0 Å². The third-order valence-corrected chi connectivity index (χ3v) is 5.48. The summed E-state index contributed by atoms with van der Waals surface area (Å²) in [6.07, 6.45) is 0.00379. The number of nitrogens with zero attached hydrogens (tertiary/aromatic N) is 3. The van der Waals surface area contributed by atoms with E-state index in [1.165, 1.54) is 16.7 Å². The molecule has 1 unspecified atom stereocenters. The zero-order chi connectivity index (χ0) is 19.7. The van der Waals surface area contributed by atoms with Crippen LogP contribution in [0.5, 0.6) is 0 Å². The highest BCUT2D eigenvalue weighted by Gasteiger charge is 2.19. The van der Waals surface area contributed by atoms with E-state index in [9.17, 15) is 14.3 Å². The van der Waals surface area contributed by atoms with Crippen molar-refractivity contribution in [1.82, 2.24) is 9.47 Å². The highest BCUT2D eigenvalue weighted by Crippen LogP contribution is 2.23. The first-order valence-corrected chi connectivity index (χ1v) is 9.52. The van der Waals surface area contributed by atoms with Gasteiger partial charge in [0.15, 0.2) is 5.58 Å². The average Bonchev–Trinajstić information content (AvgIpc) is 3.00. The van der Waals surface area contributed by atoms with Crippen molar-refractivity contribution in [1.29, 1.82) is 0 Å². The van der Waals surface area contributed by atoms with Gasteiger partial charge in [-0.2, -0.15) is 0 Å². The summed E-state index contributed by atoms with van der Waals surface area (Å²) in [5.41, 5.74) is 3.01. The maximum atomic E-state index is 13.1. The average molecular weight is 385 g/mol. The van der Waals surface area contributed by atoms with Crippen LogP contribution in [0.1, 0.15) is 18.1 Å². The molecule has 1 atom stereocenters. The van der Waals surface area contributed by atoms with E-state index < -0.39 is 11.9 Å². The number of aryl methyl sites for hydroxylation is 1. The number of aromatic nitrogens is 1. The largest absolute Gasteiger partial charge is 0.419 e. The lowest BCUT2D eigenvalue weighted by Gasteiger charge is -2.36. The summed E-state index contributed by atoms with van der Waals surface area (Å²) in [5.74, 6) is -0.620. The standard InChI is InChI=1S/C21H24FN3O3/c1-23-18-7-2-15(14-20(18)28-21(23)27)19(26)8-9-24-10-12-25(13-11-24)17-5-3-16(22)4-6-17/h2-7,14,19,26H,8-13H2,1H3. The Kier molecular flexibility index (Phi) is 5.19. The van der Waals surface area contributed by atoms with E-state index >= 15 is 0 Å². The molecule has 0 spiro atoms. The number of aliphatic hydroxyl groups is 1. The van der Waals surface area contributed by atoms with Crippen LogP contribution in [-0.2, 0) is 7.05 Å². The monoisotopic (exact) mass is 385 g/mol. The van der Waals surface area contributed by atoms with E-state index in [2.05, 4.69) is 9.80 Å². The molecule has 1 N–H and O–H groups in total. The van der Waals surface area contributed by atoms with Crippen LogP contribution in [0.2, 0.25) is 0 Å². The summed E-state index contributed by atoms with van der Waals surface area (Å²) >= 11 is 0. The molecule has 0 amide bonds. The summed E-state index contributed by atoms with van der Waals surface area (Å²) < 4.78 is 19.7. The number of piperazine rings is 1. The van der Waals surface area contributed by atoms with Crippen LogP contribution in [0.15, 0.2) is 51.7 Å². The maximum Gasteiger partial charge on any atom is 0.419 e. The Morgan fingerprint density at radius 1 is 1.11 bits per heavy atom. The third kappa shape index (κ3) is 3.81. The van der Waals surface area contributed by atoms with Crippen molar-refractivity contribution in [2.75, 3.05) is 37.6 Å². The quantitative estimate of drug-likeness (QED) is 0.731. The van der Waals surface area contributed by atoms with Crippen molar-refractivity contribution in [3.63, 3.8) is 0 Å². The lowest BCUT2D eigenvalue weighted by molar-refractivity contribution is 0.139. The van der Waals surface area contributed by atoms with Gasteiger partial charge < -0.3 is 14.4 Å². The Bertz CT molecular complexity index is 1000. The van der Waals surface area contributed by atoms with E-state index in [-0.39, 0.29) is 5.82 Å². The topological polar surface area (TPSA) is 61.9 Å². The second-order valence-corrected chi connectivity index (χ2v) is 7.26. The normalized spacial score (nSPS) is 16.6. The van der Waals surface area contributed by atoms with Crippen LogP contribution in [0, 0.1) is 5.82 Å². The number of aliphatic hydroxyl groups excluding tert-OH is 1. The molecule has 28 heavy (non-hydrogen) atoms. The smallest absolute Gasteiger partial charge is 0.408 e. The number of hydrogen-bond donors (Lipinski definition) is 1. The summed E-state index contributed by atoms with van der Waals surface area (Å²) in [5, 5.41) is 10.5. The Hall–Kier alpha value is -2.64. The zero-order valence-corrected chi connectivity index (χ0v) is 15.8. The van der Waals surface area contributed by atoms with Crippen LogP contribution in [-0.4, -0.2) is 47.3 Å². The third-order valence-electron chi connectivity index (χ3n) is 5.48. The van der Waals surface area contributed by atoms with Gasteiger partial charge >= 0.3 is 5.76 Å². The Morgan fingerprint density at radius 2 is 1.82 bits per heavy atom. The molecule has 4 rings (SSSR count). The lowest BCUT2D eigenvalue weighted by atomic mass is 10.1. The first-order chi connectivity index (χ1) is 13.5. The number of halogens is 1. The fraction of sp³-hybridized carbons (Fsp3) is 0.381. The van der Waals surface area contributed by atoms with Gasteiger partial charge in [0.05, 0.1) is 11.6 Å². The van der Waals surface area contributed by atoms with Crippen LogP contribution in [0.25, 0.3) is 11.1 Å². The fourth-order valence-electron chi connectivity index (χ4n) is 3.71. The molecule has 1 aromatic heterocycles. The zero-order valence-electron chi connectivity index (χ0n) is 15.8. The number of oxazole rings is 1. The van der Waals surface area contributed by atoms with Crippen LogP contribution >= 0.6 is 0 Å². The Balaban J connectivity index is 1.31. The molecule has 2 heterocycles. The Morgan fingerprint density at radius 3 is 2.54 bits per heavy atom. The SMILES string of the molecule is Cn1c(=O)oc2cc(C(O)CCN3CCN(c4ccc(F)cc4)CC3)ccc21. The molecule has 3 aromatic rings. The van der Waals surface area contributed by atoms with Crippen molar-refractivity contribution >= 4 is 16.8 Å². The van der Waals surface area contributed by atoms with E-state index in [0.717, 1.165) is 49.5 Å². The summed E-state index contributed by atoms with van der Waals surface area (Å²) in [4.78, 5) is 16.2. The summed E-state index contributed by atoms with van der Waals surface area (Å²) in [6.45, 7) is 4.34. The van der Waals surface area contributed by atoms with Crippen molar-refractivity contribution in [2.24, 2.45) is 7.05 Å². The van der Waals surface area contributed by atoms with Gasteiger partial charge in [-0.05, 0) is 48.4 Å². The first-order valence-electron chi connectivity index (χ1n) is 9.52. The second kappa shape index (κ2) is 7.77. The van der Waals surface area contributed by atoms with Crippen LogP contribution in [0.3, 0.4) is 0 Å². The fourth-order valence-corrected chi connectivity index (χ4v) is 3.71. The molecular formula is C21H24FN3O3. The van der Waals surface area contributed by atoms with Crippen molar-refractivity contribution in [2.45, 2.75) is 12.5 Å². The summed E-state index contributed by atoms with van der Waals surface area (Å²) in [7, 11) is 1.66. The number of benzene rings is 2. The van der Waals surface area contributed by atoms with Crippen LogP contribution in [0.4, 0.5) is 10.1 Å². The van der Waals surface area contributed by atoms with Gasteiger partial charge in [-0.3, -0.25) is 9.47 Å². The molecule has 1 aliphatic heterocycles. The predicted octanol–water partition coefficient (Wildman–Crippen LogP) is 2.52. The molecule has 6 nitrogen and oxygen atoms in total. The first kappa shape index (κ1) is 18.7. The van der Waals surface area contributed by atoms with Crippen molar-refractivity contribution < 1.29 is 13.9 Å². The van der Waals surface area contributed by atoms with E-state index in [4.69, 9.17) is 4.42 Å².